The molecule has 1 aromatic heterocycles. The maximum absolute atomic E-state index is 12.5. The predicted molar refractivity (Wildman–Crippen MR) is 56.4 cm³/mol. The van der Waals surface area contributed by atoms with Gasteiger partial charge in [0.15, 0.2) is 0 Å². The van der Waals surface area contributed by atoms with E-state index in [-0.39, 0.29) is 0 Å². The summed E-state index contributed by atoms with van der Waals surface area (Å²) in [6.07, 6.45) is 5.91. The summed E-state index contributed by atoms with van der Waals surface area (Å²) in [5.41, 5.74) is 0.305. The molecule has 0 aromatic carbocycles. The molecular weight excluding hydrogens is 209 g/mol. The molecule has 4 heteroatoms. The van der Waals surface area contributed by atoms with Crippen LogP contribution in [-0.2, 0) is 4.74 Å². The first-order chi connectivity index (χ1) is 7.75. The van der Waals surface area contributed by atoms with Gasteiger partial charge in [-0.25, -0.2) is 9.78 Å². The fraction of sp³-hybridized carbons (Fsp3) is 0.500. The topological polar surface area (TPSA) is 39.2 Å². The first kappa shape index (κ1) is 11.0. The molecule has 0 radical (unpaired) electrons. The van der Waals surface area contributed by atoms with E-state index in [1.165, 1.54) is 25.1 Å². The highest BCUT2D eigenvalue weighted by Gasteiger charge is 2.17. The largest absolute Gasteiger partial charge is 0.462 e. The molecule has 1 heterocycles. The number of esters is 1. The Bertz CT molecular complexity index is 358. The Morgan fingerprint density at radius 2 is 2.19 bits per heavy atom. The molecule has 0 bridgehead atoms. The van der Waals surface area contributed by atoms with Crippen molar-refractivity contribution in [3.8, 4) is 0 Å². The van der Waals surface area contributed by atoms with Crippen molar-refractivity contribution in [1.82, 2.24) is 4.98 Å². The Morgan fingerprint density at radius 3 is 2.81 bits per heavy atom. The van der Waals surface area contributed by atoms with Crippen LogP contribution in [0.2, 0.25) is 0 Å². The zero-order valence-corrected chi connectivity index (χ0v) is 8.99. The van der Waals surface area contributed by atoms with Gasteiger partial charge < -0.3 is 4.74 Å². The molecule has 3 nitrogen and oxygen atoms in total. The maximum Gasteiger partial charge on any atom is 0.339 e. The minimum absolute atomic E-state index is 0.305. The Morgan fingerprint density at radius 1 is 1.44 bits per heavy atom. The van der Waals surface area contributed by atoms with E-state index in [9.17, 15) is 9.18 Å². The molecular formula is C12H14FNO2. The highest BCUT2D eigenvalue weighted by molar-refractivity contribution is 5.88. The van der Waals surface area contributed by atoms with Gasteiger partial charge in [0, 0.05) is 6.20 Å². The summed E-state index contributed by atoms with van der Waals surface area (Å²) in [6.45, 7) is 0.468. The molecule has 1 aromatic rings. The van der Waals surface area contributed by atoms with Crippen LogP contribution in [0.3, 0.4) is 0 Å². The van der Waals surface area contributed by atoms with Crippen LogP contribution in [0.15, 0.2) is 18.3 Å². The summed E-state index contributed by atoms with van der Waals surface area (Å²) in [4.78, 5) is 14.9. The molecule has 1 aliphatic rings. The Labute approximate surface area is 93.6 Å². The first-order valence-corrected chi connectivity index (χ1v) is 5.54. The van der Waals surface area contributed by atoms with Gasteiger partial charge in [-0.05, 0) is 30.9 Å². The molecule has 0 aliphatic heterocycles. The van der Waals surface area contributed by atoms with Crippen molar-refractivity contribution in [2.45, 2.75) is 25.7 Å². The lowest BCUT2D eigenvalue weighted by atomic mass is 10.1. The zero-order valence-electron chi connectivity index (χ0n) is 8.99. The van der Waals surface area contributed by atoms with Gasteiger partial charge in [-0.1, -0.05) is 12.8 Å². The number of aromatic nitrogens is 1. The highest BCUT2D eigenvalue weighted by Crippen LogP contribution is 2.24. The van der Waals surface area contributed by atoms with E-state index in [1.807, 2.05) is 0 Å². The Balaban J connectivity index is 1.85. The quantitative estimate of drug-likeness (QED) is 0.584. The second kappa shape index (κ2) is 5.05. The van der Waals surface area contributed by atoms with Crippen LogP contribution >= 0.6 is 0 Å². The molecule has 2 rings (SSSR count). The number of pyridine rings is 1. The monoisotopic (exact) mass is 223 g/mol. The lowest BCUT2D eigenvalue weighted by Gasteiger charge is -2.09. The van der Waals surface area contributed by atoms with Crippen molar-refractivity contribution in [2.75, 3.05) is 6.61 Å². The lowest BCUT2D eigenvalue weighted by molar-refractivity contribution is 0.0442. The highest BCUT2D eigenvalue weighted by atomic mass is 19.1. The van der Waals surface area contributed by atoms with Crippen molar-refractivity contribution in [3.05, 3.63) is 29.8 Å². The number of carbonyl (C=O) groups excluding carboxylic acids is 1. The lowest BCUT2D eigenvalue weighted by Crippen LogP contribution is -2.12. The number of hydrogen-bond acceptors (Lipinski definition) is 3. The molecule has 0 N–H and O–H groups in total. The van der Waals surface area contributed by atoms with Gasteiger partial charge in [0.2, 0.25) is 5.95 Å². The normalized spacial score (nSPS) is 16.3. The summed E-state index contributed by atoms with van der Waals surface area (Å²) in [7, 11) is 0. The molecule has 1 fully saturated rings. The number of rotatable bonds is 3. The van der Waals surface area contributed by atoms with Gasteiger partial charge in [0.05, 0.1) is 12.2 Å². The molecule has 0 amide bonds. The van der Waals surface area contributed by atoms with E-state index in [4.69, 9.17) is 4.74 Å². The number of halogens is 1. The van der Waals surface area contributed by atoms with Gasteiger partial charge in [-0.3, -0.25) is 0 Å². The Hall–Kier alpha value is -1.45. The van der Waals surface area contributed by atoms with Crippen LogP contribution in [-0.4, -0.2) is 17.6 Å². The minimum Gasteiger partial charge on any atom is -0.462 e. The van der Waals surface area contributed by atoms with E-state index < -0.39 is 11.9 Å². The average Bonchev–Trinajstić information content (AvgIpc) is 2.80. The average molecular weight is 223 g/mol. The summed E-state index contributed by atoms with van der Waals surface area (Å²) in [5, 5.41) is 0. The smallest absolute Gasteiger partial charge is 0.339 e. The van der Waals surface area contributed by atoms with E-state index in [0.717, 1.165) is 18.9 Å². The third-order valence-corrected chi connectivity index (χ3v) is 2.89. The van der Waals surface area contributed by atoms with Gasteiger partial charge in [-0.15, -0.1) is 0 Å². The van der Waals surface area contributed by atoms with Crippen molar-refractivity contribution in [2.24, 2.45) is 5.92 Å². The standard InChI is InChI=1S/C12H14FNO2/c13-11-6-5-10(7-14-11)12(15)16-8-9-3-1-2-4-9/h5-7,9H,1-4,8H2. The van der Waals surface area contributed by atoms with Gasteiger partial charge in [-0.2, -0.15) is 4.39 Å². The van der Waals surface area contributed by atoms with Gasteiger partial charge in [0.25, 0.3) is 0 Å². The van der Waals surface area contributed by atoms with Crippen LogP contribution in [0, 0.1) is 11.9 Å². The van der Waals surface area contributed by atoms with E-state index in [1.54, 1.807) is 0 Å². The summed E-state index contributed by atoms with van der Waals surface area (Å²) < 4.78 is 17.7. The number of ether oxygens (including phenoxy) is 1. The molecule has 1 aliphatic carbocycles. The van der Waals surface area contributed by atoms with Crippen molar-refractivity contribution in [3.63, 3.8) is 0 Å². The molecule has 0 saturated heterocycles. The second-order valence-corrected chi connectivity index (χ2v) is 4.12. The number of nitrogens with zero attached hydrogens (tertiary/aromatic N) is 1. The molecule has 0 spiro atoms. The van der Waals surface area contributed by atoms with Crippen molar-refractivity contribution in [1.29, 1.82) is 0 Å². The van der Waals surface area contributed by atoms with Crippen LogP contribution in [0.4, 0.5) is 4.39 Å². The SMILES string of the molecule is O=C(OCC1CCCC1)c1ccc(F)nc1. The minimum atomic E-state index is -0.590. The molecule has 16 heavy (non-hydrogen) atoms. The van der Waals surface area contributed by atoms with Gasteiger partial charge >= 0.3 is 5.97 Å². The fourth-order valence-electron chi connectivity index (χ4n) is 1.95. The second-order valence-electron chi connectivity index (χ2n) is 4.12. The van der Waals surface area contributed by atoms with Crippen LogP contribution in [0.1, 0.15) is 36.0 Å². The molecule has 86 valence electrons. The third kappa shape index (κ3) is 2.78. The van der Waals surface area contributed by atoms with Crippen molar-refractivity contribution < 1.29 is 13.9 Å². The van der Waals surface area contributed by atoms with Crippen molar-refractivity contribution >= 4 is 5.97 Å². The van der Waals surface area contributed by atoms with Crippen LogP contribution in [0.5, 0.6) is 0 Å². The van der Waals surface area contributed by atoms with E-state index in [2.05, 4.69) is 4.98 Å². The third-order valence-electron chi connectivity index (χ3n) is 2.89. The summed E-state index contributed by atoms with van der Waals surface area (Å²) in [5.74, 6) is -0.510. The fourth-order valence-corrected chi connectivity index (χ4v) is 1.95. The Kier molecular flexibility index (Phi) is 3.49. The van der Waals surface area contributed by atoms with Crippen LogP contribution in [0.25, 0.3) is 0 Å². The van der Waals surface area contributed by atoms with Crippen LogP contribution < -0.4 is 0 Å². The number of carbonyl (C=O) groups is 1. The molecule has 1 saturated carbocycles. The molecule has 0 unspecified atom stereocenters. The van der Waals surface area contributed by atoms with E-state index >= 15 is 0 Å². The predicted octanol–water partition coefficient (Wildman–Crippen LogP) is 2.57. The summed E-state index contributed by atoms with van der Waals surface area (Å²) >= 11 is 0. The first-order valence-electron chi connectivity index (χ1n) is 5.54. The van der Waals surface area contributed by atoms with Gasteiger partial charge in [0.1, 0.15) is 0 Å². The summed E-state index contributed by atoms with van der Waals surface area (Å²) in [6, 6.07) is 2.55. The molecule has 0 atom stereocenters. The van der Waals surface area contributed by atoms with E-state index in [0.29, 0.717) is 18.1 Å². The zero-order chi connectivity index (χ0) is 11.4. The maximum atomic E-state index is 12.5. The number of hydrogen-bond donors (Lipinski definition) is 0.